The van der Waals surface area contributed by atoms with Gasteiger partial charge in [0.1, 0.15) is 0 Å². The Hall–Kier alpha value is -8.65. The predicted molar refractivity (Wildman–Crippen MR) is 270 cm³/mol. The first-order valence-corrected chi connectivity index (χ1v) is 21.6. The number of amides is 7. The summed E-state index contributed by atoms with van der Waals surface area (Å²) in [5, 5.41) is 32.5. The Balaban J connectivity index is 0.000000470. The summed E-state index contributed by atoms with van der Waals surface area (Å²) in [6.07, 6.45) is 0. The van der Waals surface area contributed by atoms with Gasteiger partial charge >= 0.3 is 24.8 Å². The summed E-state index contributed by atoms with van der Waals surface area (Å²) in [7, 11) is 4.80. The largest absolute Gasteiger partial charge is 1.00 e. The first-order chi connectivity index (χ1) is 33.6. The van der Waals surface area contributed by atoms with Gasteiger partial charge in [0.05, 0.1) is 33.9 Å². The van der Waals surface area contributed by atoms with Crippen LogP contribution in [0.5, 0.6) is 0 Å². The molecule has 0 bridgehead atoms. The van der Waals surface area contributed by atoms with Crippen molar-refractivity contribution in [3.63, 3.8) is 0 Å². The van der Waals surface area contributed by atoms with Gasteiger partial charge in [-0.2, -0.15) is 0 Å². The molecular formula is C54H57LiN6O11. The zero-order chi connectivity index (χ0) is 53.2. The Morgan fingerprint density at radius 2 is 0.778 bits per heavy atom. The molecule has 17 nitrogen and oxygen atoms in total. The number of nitrogens with zero attached hydrogens (tertiary/aromatic N) is 1. The van der Waals surface area contributed by atoms with Crippen molar-refractivity contribution in [3.8, 4) is 0 Å². The number of benzene rings is 6. The molecule has 1 aliphatic heterocycles. The number of carbonyl (C=O) groups is 9. The summed E-state index contributed by atoms with van der Waals surface area (Å²) in [6, 6.07) is 41.0. The zero-order valence-corrected chi connectivity index (χ0v) is 41.8. The Bertz CT molecular complexity index is 2690. The third kappa shape index (κ3) is 20.5. The van der Waals surface area contributed by atoms with Gasteiger partial charge in [0.15, 0.2) is 0 Å². The van der Waals surface area contributed by atoms with Crippen molar-refractivity contribution in [1.82, 2.24) is 16.0 Å². The Labute approximate surface area is 430 Å². The van der Waals surface area contributed by atoms with E-state index in [9.17, 15) is 48.3 Å². The molecule has 72 heavy (non-hydrogen) atoms. The van der Waals surface area contributed by atoms with Crippen molar-refractivity contribution in [2.75, 3.05) is 36.7 Å². The molecular weight excluding hydrogens is 916 g/mol. The number of aryl methyl sites for hydroxylation is 3. The molecule has 18 heteroatoms. The third-order valence-electron chi connectivity index (χ3n) is 9.46. The number of hydrogen-bond donors (Lipinski definition) is 6. The van der Waals surface area contributed by atoms with E-state index in [1.807, 2.05) is 69.3 Å². The molecule has 0 saturated carbocycles. The number of nitrogens with one attached hydrogen (secondary N) is 5. The molecule has 6 aromatic rings. The van der Waals surface area contributed by atoms with Crippen molar-refractivity contribution in [2.24, 2.45) is 0 Å². The minimum atomic E-state index is -1.37. The summed E-state index contributed by atoms with van der Waals surface area (Å²) in [5.41, 5.74) is 6.00. The van der Waals surface area contributed by atoms with Gasteiger partial charge in [0.2, 0.25) is 17.7 Å². The van der Waals surface area contributed by atoms with Crippen LogP contribution in [0.4, 0.5) is 17.1 Å². The normalized spacial score (nSPS) is 10.2. The maximum absolute atomic E-state index is 12.2. The number of anilines is 3. The number of imide groups is 1. The van der Waals surface area contributed by atoms with Gasteiger partial charge in [0.25, 0.3) is 23.6 Å². The van der Waals surface area contributed by atoms with Crippen molar-refractivity contribution in [3.05, 3.63) is 196 Å². The van der Waals surface area contributed by atoms with E-state index >= 15 is 0 Å². The topological polar surface area (TPSA) is 260 Å². The second-order valence-electron chi connectivity index (χ2n) is 15.1. The van der Waals surface area contributed by atoms with Crippen molar-refractivity contribution >= 4 is 70.4 Å². The van der Waals surface area contributed by atoms with E-state index in [2.05, 4.69) is 26.6 Å². The van der Waals surface area contributed by atoms with E-state index in [4.69, 9.17) is 5.11 Å². The Morgan fingerprint density at radius 3 is 1.11 bits per heavy atom. The number of rotatable bonds is 7. The van der Waals surface area contributed by atoms with Crippen molar-refractivity contribution < 1.29 is 72.2 Å². The van der Waals surface area contributed by atoms with Crippen LogP contribution in [0.3, 0.4) is 0 Å². The van der Waals surface area contributed by atoms with Gasteiger partial charge in [-0.15, -0.1) is 0 Å². The predicted octanol–water partition coefficient (Wildman–Crippen LogP) is 3.61. The second kappa shape index (κ2) is 31.5. The average molecular weight is 973 g/mol. The van der Waals surface area contributed by atoms with Crippen LogP contribution in [0.25, 0.3) is 0 Å². The summed E-state index contributed by atoms with van der Waals surface area (Å²) in [6.45, 7) is 10.2. The van der Waals surface area contributed by atoms with Gasteiger partial charge in [-0.05, 0) is 104 Å². The minimum Gasteiger partial charge on any atom is -0.545 e. The van der Waals surface area contributed by atoms with Crippen LogP contribution < -0.4 is 55.5 Å². The van der Waals surface area contributed by atoms with E-state index < -0.39 is 23.8 Å². The van der Waals surface area contributed by atoms with Gasteiger partial charge in [-0.1, -0.05) is 78.9 Å². The van der Waals surface area contributed by atoms with E-state index in [0.29, 0.717) is 28.2 Å². The molecule has 1 heterocycles. The number of hydrogen-bond acceptors (Lipinski definition) is 10. The van der Waals surface area contributed by atoms with Crippen LogP contribution in [-0.4, -0.2) is 79.5 Å². The number of fused-ring (bicyclic) bond motifs is 1. The number of carboxylic acid groups (broad SMARTS) is 2. The van der Waals surface area contributed by atoms with Crippen molar-refractivity contribution in [2.45, 2.75) is 41.5 Å². The van der Waals surface area contributed by atoms with Gasteiger partial charge < -0.3 is 41.6 Å². The van der Waals surface area contributed by atoms with Crippen molar-refractivity contribution in [1.29, 1.82) is 0 Å². The summed E-state index contributed by atoms with van der Waals surface area (Å²) in [5.74, 6) is -3.86. The van der Waals surface area contributed by atoms with Gasteiger partial charge in [-0.25, -0.2) is 9.69 Å². The molecule has 0 saturated heterocycles. The van der Waals surface area contributed by atoms with E-state index in [-0.39, 0.29) is 70.7 Å². The SMILES string of the molecule is CNC(C)=O.CNC(C)=O.CNC(C)=O.Cc1cccc(N2C(=O)c3ccccc3C2=O)c1.Cc1cccc(NC(=O)c2ccccc2C(=O)O)c1.Cc1cccc(NC(=O)c2ccccc2C(=O)[O-])c1.[Li+]. The quantitative estimate of drug-likeness (QED) is 0.0995. The van der Waals surface area contributed by atoms with Crippen LogP contribution in [0.15, 0.2) is 146 Å². The van der Waals surface area contributed by atoms with Crippen LogP contribution in [0, 0.1) is 20.8 Å². The monoisotopic (exact) mass is 972 g/mol. The molecule has 7 rings (SSSR count). The number of carboxylic acids is 2. The second-order valence-corrected chi connectivity index (χ2v) is 15.1. The standard InChI is InChI=1S/2C15H13NO3.C15H11NO2.3C3H7NO.Li/c2*1-10-5-4-6-11(9-10)16-14(17)12-7-2-3-8-13(12)15(18)19;1-10-5-4-6-11(9-10)16-14(17)12-7-2-3-8-13(12)15(16)18;3*1-3(5)4-2;/h2*2-9H,1H3,(H,16,17)(H,18,19);2-9H,1H3;3*1-2H3,(H,4,5);/q;;;;;;+1/p-1. The fourth-order valence-corrected chi connectivity index (χ4v) is 5.76. The zero-order valence-electron chi connectivity index (χ0n) is 41.8. The first kappa shape index (κ1) is 61.4. The van der Waals surface area contributed by atoms with Crippen LogP contribution in [0.2, 0.25) is 0 Å². The summed E-state index contributed by atoms with van der Waals surface area (Å²) < 4.78 is 0. The molecule has 370 valence electrons. The molecule has 0 aliphatic carbocycles. The smallest absolute Gasteiger partial charge is 0.545 e. The maximum atomic E-state index is 12.2. The molecule has 0 radical (unpaired) electrons. The van der Waals surface area contributed by atoms with Gasteiger partial charge in [0, 0.05) is 64.4 Å². The van der Waals surface area contributed by atoms with Crippen LogP contribution in [-0.2, 0) is 14.4 Å². The van der Waals surface area contributed by atoms with Crippen LogP contribution >= 0.6 is 0 Å². The molecule has 6 aromatic carbocycles. The Morgan fingerprint density at radius 1 is 0.458 bits per heavy atom. The Kier molecular flexibility index (Phi) is 26.8. The van der Waals surface area contributed by atoms with Crippen LogP contribution in [0.1, 0.15) is 99.6 Å². The molecule has 1 aliphatic rings. The molecule has 0 atom stereocenters. The third-order valence-corrected chi connectivity index (χ3v) is 9.46. The van der Waals surface area contributed by atoms with Gasteiger partial charge in [-0.3, -0.25) is 33.6 Å². The fraction of sp³-hybridized carbons (Fsp3) is 0.167. The maximum Gasteiger partial charge on any atom is 1.00 e. The minimum absolute atomic E-state index is 0. The molecule has 0 unspecified atom stereocenters. The fourth-order valence-electron chi connectivity index (χ4n) is 5.76. The van der Waals surface area contributed by atoms with E-state index in [0.717, 1.165) is 16.7 Å². The molecule has 0 spiro atoms. The molecule has 7 amide bonds. The summed E-state index contributed by atoms with van der Waals surface area (Å²) in [4.78, 5) is 101. The first-order valence-electron chi connectivity index (χ1n) is 21.6. The van der Waals surface area contributed by atoms with E-state index in [1.54, 1.807) is 93.9 Å². The molecule has 6 N–H and O–H groups in total. The van der Waals surface area contributed by atoms with E-state index in [1.165, 1.54) is 49.9 Å². The number of aromatic carboxylic acids is 2. The average Bonchev–Trinajstić information content (AvgIpc) is 3.60. The molecule has 0 aromatic heterocycles. The molecule has 0 fully saturated rings. The number of carbonyl (C=O) groups excluding carboxylic acids is 8. The summed E-state index contributed by atoms with van der Waals surface area (Å²) >= 11 is 0.